The number of aliphatic hydroxyl groups is 2. The van der Waals surface area contributed by atoms with Gasteiger partial charge in [0.05, 0.1) is 29.9 Å². The van der Waals surface area contributed by atoms with Gasteiger partial charge in [0.1, 0.15) is 23.1 Å². The van der Waals surface area contributed by atoms with Crippen molar-refractivity contribution in [3.63, 3.8) is 0 Å². The van der Waals surface area contributed by atoms with Gasteiger partial charge in [0.15, 0.2) is 29.2 Å². The third-order valence-electron chi connectivity index (χ3n) is 8.07. The van der Waals surface area contributed by atoms with E-state index in [9.17, 15) is 54.6 Å². The van der Waals surface area contributed by atoms with E-state index in [0.717, 1.165) is 6.92 Å². The Bertz CT molecular complexity index is 1600. The Morgan fingerprint density at radius 3 is 2.09 bits per heavy atom. The van der Waals surface area contributed by atoms with E-state index in [1.54, 1.807) is 0 Å². The van der Waals surface area contributed by atoms with Crippen molar-refractivity contribution < 1.29 is 64.1 Å². The third-order valence-corrected chi connectivity index (χ3v) is 8.07. The molecule has 5 rings (SSSR count). The largest absolute Gasteiger partial charge is 0.507 e. The number of carboxylic acids is 2. The van der Waals surface area contributed by atoms with Crippen LogP contribution in [0.2, 0.25) is 0 Å². The van der Waals surface area contributed by atoms with Crippen molar-refractivity contribution in [1.82, 2.24) is 5.32 Å². The van der Waals surface area contributed by atoms with Crippen molar-refractivity contribution >= 4 is 29.3 Å². The van der Waals surface area contributed by atoms with E-state index >= 15 is 0 Å². The summed E-state index contributed by atoms with van der Waals surface area (Å²) >= 11 is 0. The van der Waals surface area contributed by atoms with Gasteiger partial charge >= 0.3 is 11.9 Å². The average Bonchev–Trinajstić information content (AvgIpc) is 2.95. The number of Topliss-reactive ketones (excluding diaryl/α,β-unsaturated/α-hetero) is 1. The molecule has 1 heterocycles. The van der Waals surface area contributed by atoms with Gasteiger partial charge in [-0.15, -0.1) is 0 Å². The minimum Gasteiger partial charge on any atom is -0.507 e. The van der Waals surface area contributed by atoms with Gasteiger partial charge < -0.3 is 45.4 Å². The molecule has 0 spiro atoms. The maximum Gasteiger partial charge on any atom is 0.344 e. The lowest BCUT2D eigenvalue weighted by atomic mass is 9.70. The van der Waals surface area contributed by atoms with Crippen molar-refractivity contribution in [3.8, 4) is 11.5 Å². The second kappa shape index (κ2) is 10.9. The first kappa shape index (κ1) is 29.8. The van der Waals surface area contributed by atoms with Crippen LogP contribution in [0.15, 0.2) is 36.0 Å². The standard InChI is InChI=1S/C29H27NO13/c1-11(31)29(30-9-15(27(38)39)28(40)41)7-14-20(18(8-29)43-19-6-16(32)17(33)10-42-19)26(37)22-21(25(14)36)23(34)12-4-2-3-5-13(12)24(22)35/h2-5,9,16-19,30,32-33,36-37H,6-8,10H2,1H3,(H,38,39)(H,40,41)/t16-,17+,18+,19-,29-/m0/s1. The minimum absolute atomic E-state index is 0.00425. The van der Waals surface area contributed by atoms with Gasteiger partial charge in [0.2, 0.25) is 0 Å². The molecular formula is C29H27NO13. The number of phenolic OH excluding ortho intramolecular Hbond substituents is 2. The number of aromatic hydroxyl groups is 2. The Morgan fingerprint density at radius 2 is 1.56 bits per heavy atom. The van der Waals surface area contributed by atoms with Crippen molar-refractivity contribution in [2.45, 2.75) is 56.3 Å². The molecule has 0 unspecified atom stereocenters. The Labute approximate surface area is 242 Å². The molecule has 43 heavy (non-hydrogen) atoms. The number of benzene rings is 2. The molecule has 3 aliphatic rings. The maximum absolute atomic E-state index is 13.5. The summed E-state index contributed by atoms with van der Waals surface area (Å²) in [6.45, 7) is 0.803. The van der Waals surface area contributed by atoms with Gasteiger partial charge in [0.25, 0.3) is 0 Å². The number of ether oxygens (including phenoxy) is 2. The highest BCUT2D eigenvalue weighted by Gasteiger charge is 2.49. The quantitative estimate of drug-likeness (QED) is 0.0840. The lowest BCUT2D eigenvalue weighted by molar-refractivity contribution is -0.238. The SMILES string of the molecule is CC(=O)[C@]1(NC=C(C(=O)O)C(=O)O)Cc2c(O)c3c(c(O)c2[C@H](O[C@H]2C[C@H](O)[C@H](O)CO2)C1)C(=O)c1ccccc1C3=O. The number of hydrogen-bond acceptors (Lipinski definition) is 12. The number of carbonyl (C=O) groups excluding carboxylic acids is 3. The molecule has 226 valence electrons. The highest BCUT2D eigenvalue weighted by atomic mass is 16.7. The molecule has 14 nitrogen and oxygen atoms in total. The summed E-state index contributed by atoms with van der Waals surface area (Å²) in [7, 11) is 0. The Balaban J connectivity index is 1.70. The van der Waals surface area contributed by atoms with Crippen LogP contribution < -0.4 is 5.32 Å². The molecule has 0 radical (unpaired) electrons. The lowest BCUT2D eigenvalue weighted by Crippen LogP contribution is -2.55. The molecule has 2 aromatic rings. The highest BCUT2D eigenvalue weighted by Crippen LogP contribution is 2.52. The summed E-state index contributed by atoms with van der Waals surface area (Å²) in [6, 6.07) is 5.82. The number of nitrogens with one attached hydrogen (secondary N) is 1. The predicted molar refractivity (Wildman–Crippen MR) is 141 cm³/mol. The molecule has 0 bridgehead atoms. The predicted octanol–water partition coefficient (Wildman–Crippen LogP) is 0.316. The van der Waals surface area contributed by atoms with Gasteiger partial charge in [-0.2, -0.15) is 0 Å². The Kier molecular flexibility index (Phi) is 7.56. The normalized spacial score (nSPS) is 26.0. The van der Waals surface area contributed by atoms with E-state index in [2.05, 4.69) is 5.32 Å². The van der Waals surface area contributed by atoms with E-state index in [1.165, 1.54) is 24.3 Å². The van der Waals surface area contributed by atoms with Crippen molar-refractivity contribution in [3.05, 3.63) is 69.4 Å². The zero-order chi connectivity index (χ0) is 31.4. The second-order valence-electron chi connectivity index (χ2n) is 10.6. The summed E-state index contributed by atoms with van der Waals surface area (Å²) in [5.41, 5.74) is -4.30. The van der Waals surface area contributed by atoms with Crippen LogP contribution in [-0.2, 0) is 30.3 Å². The van der Waals surface area contributed by atoms with Crippen molar-refractivity contribution in [2.24, 2.45) is 0 Å². The molecule has 5 atom stereocenters. The van der Waals surface area contributed by atoms with Crippen LogP contribution in [-0.4, -0.2) is 90.6 Å². The first-order chi connectivity index (χ1) is 20.3. The molecule has 1 fully saturated rings. The first-order valence-electron chi connectivity index (χ1n) is 13.1. The molecule has 14 heteroatoms. The topological polar surface area (TPSA) is 237 Å². The van der Waals surface area contributed by atoms with Gasteiger partial charge in [-0.05, 0) is 6.92 Å². The van der Waals surface area contributed by atoms with E-state index in [-0.39, 0.29) is 35.3 Å². The number of aliphatic carboxylic acids is 2. The molecule has 1 saturated heterocycles. The highest BCUT2D eigenvalue weighted by molar-refractivity contribution is 6.30. The molecule has 0 aromatic heterocycles. The molecule has 2 aliphatic carbocycles. The van der Waals surface area contributed by atoms with Gasteiger partial charge in [-0.25, -0.2) is 9.59 Å². The third kappa shape index (κ3) is 4.93. The summed E-state index contributed by atoms with van der Waals surface area (Å²) in [5.74, 6) is -7.19. The fraction of sp³-hybridized carbons (Fsp3) is 0.345. The number of fused-ring (bicyclic) bond motifs is 3. The zero-order valence-corrected chi connectivity index (χ0v) is 22.6. The summed E-state index contributed by atoms with van der Waals surface area (Å²) in [4.78, 5) is 63.1. The first-order valence-corrected chi connectivity index (χ1v) is 13.1. The minimum atomic E-state index is -1.85. The van der Waals surface area contributed by atoms with Gasteiger partial charge in [0, 0.05) is 47.7 Å². The van der Waals surface area contributed by atoms with E-state index in [4.69, 9.17) is 9.47 Å². The number of rotatable bonds is 7. The fourth-order valence-corrected chi connectivity index (χ4v) is 5.74. The lowest BCUT2D eigenvalue weighted by Gasteiger charge is -2.43. The fourth-order valence-electron chi connectivity index (χ4n) is 5.74. The van der Waals surface area contributed by atoms with Crippen LogP contribution >= 0.6 is 0 Å². The monoisotopic (exact) mass is 597 g/mol. The second-order valence-corrected chi connectivity index (χ2v) is 10.6. The smallest absolute Gasteiger partial charge is 0.344 e. The Hall–Kier alpha value is -4.63. The summed E-state index contributed by atoms with van der Waals surface area (Å²) in [5, 5.41) is 64.2. The number of hydrogen-bond donors (Lipinski definition) is 7. The average molecular weight is 598 g/mol. The molecule has 2 aromatic carbocycles. The number of phenols is 2. The number of carbonyl (C=O) groups is 5. The van der Waals surface area contributed by atoms with Gasteiger partial charge in [-0.3, -0.25) is 14.4 Å². The summed E-state index contributed by atoms with van der Waals surface area (Å²) < 4.78 is 11.5. The van der Waals surface area contributed by atoms with Crippen molar-refractivity contribution in [2.75, 3.05) is 6.61 Å². The van der Waals surface area contributed by atoms with Crippen LogP contribution in [0.4, 0.5) is 0 Å². The van der Waals surface area contributed by atoms with Crippen LogP contribution in [0.3, 0.4) is 0 Å². The van der Waals surface area contributed by atoms with Crippen LogP contribution in [0, 0.1) is 0 Å². The maximum atomic E-state index is 13.5. The molecule has 0 amide bonds. The number of carboxylic acid groups (broad SMARTS) is 2. The van der Waals surface area contributed by atoms with Crippen LogP contribution in [0.25, 0.3) is 0 Å². The van der Waals surface area contributed by atoms with Gasteiger partial charge in [-0.1, -0.05) is 24.3 Å². The van der Waals surface area contributed by atoms with Crippen molar-refractivity contribution in [1.29, 1.82) is 0 Å². The molecule has 1 aliphatic heterocycles. The Morgan fingerprint density at radius 1 is 0.977 bits per heavy atom. The molecule has 0 saturated carbocycles. The van der Waals surface area contributed by atoms with E-state index in [1.807, 2.05) is 0 Å². The molecule has 7 N–H and O–H groups in total. The molecular weight excluding hydrogens is 570 g/mol. The number of ketones is 3. The van der Waals surface area contributed by atoms with E-state index in [0.29, 0.717) is 6.20 Å². The summed E-state index contributed by atoms with van der Waals surface area (Å²) in [6.07, 6.45) is -5.57. The van der Waals surface area contributed by atoms with E-state index < -0.39 is 100 Å². The van der Waals surface area contributed by atoms with Crippen LogP contribution in [0.1, 0.15) is 68.8 Å². The van der Waals surface area contributed by atoms with Crippen LogP contribution in [0.5, 0.6) is 11.5 Å². The number of aliphatic hydroxyl groups excluding tert-OH is 2. The zero-order valence-electron chi connectivity index (χ0n) is 22.6.